The number of nitrogens with zero attached hydrogens (tertiary/aromatic N) is 1. The fourth-order valence-electron chi connectivity index (χ4n) is 2.91. The van der Waals surface area contributed by atoms with Gasteiger partial charge in [-0.1, -0.05) is 24.3 Å². The zero-order chi connectivity index (χ0) is 24.1. The van der Waals surface area contributed by atoms with Crippen molar-refractivity contribution in [1.29, 1.82) is 0 Å². The Kier molecular flexibility index (Phi) is 7.27. The third kappa shape index (κ3) is 6.04. The summed E-state index contributed by atoms with van der Waals surface area (Å²) in [5, 5.41) is 2.59. The monoisotopic (exact) mass is 478 g/mol. The molecule has 0 radical (unpaired) electrons. The van der Waals surface area contributed by atoms with Gasteiger partial charge >= 0.3 is 6.18 Å². The molecule has 0 saturated heterocycles. The summed E-state index contributed by atoms with van der Waals surface area (Å²) >= 11 is 0. The number of anilines is 1. The van der Waals surface area contributed by atoms with Crippen LogP contribution >= 0.6 is 0 Å². The van der Waals surface area contributed by atoms with Crippen LogP contribution in [0, 0.1) is 0 Å². The van der Waals surface area contributed by atoms with Crippen molar-refractivity contribution in [2.24, 2.45) is 0 Å². The van der Waals surface area contributed by atoms with E-state index in [1.54, 1.807) is 30.3 Å². The average molecular weight is 478 g/mol. The third-order valence-electron chi connectivity index (χ3n) is 4.71. The third-order valence-corrected chi connectivity index (χ3v) is 6.49. The second-order valence-electron chi connectivity index (χ2n) is 6.96. The molecule has 0 atom stereocenters. The van der Waals surface area contributed by atoms with E-state index in [0.29, 0.717) is 5.69 Å². The van der Waals surface area contributed by atoms with Crippen molar-refractivity contribution in [2.75, 3.05) is 24.5 Å². The summed E-state index contributed by atoms with van der Waals surface area (Å²) in [5.74, 6) is -0.278. The maximum Gasteiger partial charge on any atom is 0.416 e. The summed E-state index contributed by atoms with van der Waals surface area (Å²) in [6, 6.07) is 18.4. The number of rotatable bonds is 8. The summed E-state index contributed by atoms with van der Waals surface area (Å²) in [5.41, 5.74) is -0.157. The number of sulfonamides is 1. The Labute approximate surface area is 189 Å². The number of benzene rings is 3. The van der Waals surface area contributed by atoms with E-state index in [-0.39, 0.29) is 29.4 Å². The highest BCUT2D eigenvalue weighted by molar-refractivity contribution is 7.92. The number of hydrogen-bond acceptors (Lipinski definition) is 4. The van der Waals surface area contributed by atoms with E-state index in [0.717, 1.165) is 16.4 Å². The van der Waals surface area contributed by atoms with Crippen LogP contribution in [-0.4, -0.2) is 34.5 Å². The van der Waals surface area contributed by atoms with Crippen molar-refractivity contribution in [3.05, 3.63) is 90.0 Å². The molecule has 10 heteroatoms. The summed E-state index contributed by atoms with van der Waals surface area (Å²) in [4.78, 5) is 12.4. The lowest BCUT2D eigenvalue weighted by molar-refractivity contribution is -0.137. The Balaban J connectivity index is 1.58. The topological polar surface area (TPSA) is 75.7 Å². The molecule has 174 valence electrons. The van der Waals surface area contributed by atoms with E-state index in [4.69, 9.17) is 4.74 Å². The molecule has 0 aliphatic heterocycles. The van der Waals surface area contributed by atoms with Gasteiger partial charge in [-0.2, -0.15) is 13.2 Å². The van der Waals surface area contributed by atoms with Crippen LogP contribution in [0.15, 0.2) is 83.8 Å². The van der Waals surface area contributed by atoms with E-state index in [1.807, 2.05) is 0 Å². The summed E-state index contributed by atoms with van der Waals surface area (Å²) in [7, 11) is -2.45. The highest BCUT2D eigenvalue weighted by Crippen LogP contribution is 2.30. The van der Waals surface area contributed by atoms with Crippen LogP contribution < -0.4 is 14.4 Å². The van der Waals surface area contributed by atoms with Crippen LogP contribution in [0.1, 0.15) is 15.9 Å². The maximum atomic E-state index is 12.9. The fraction of sp³-hybridized carbons (Fsp3) is 0.174. The molecule has 0 aromatic heterocycles. The molecule has 1 N–H and O–H groups in total. The first-order valence-electron chi connectivity index (χ1n) is 9.81. The number of amides is 1. The van der Waals surface area contributed by atoms with E-state index < -0.39 is 27.7 Å². The van der Waals surface area contributed by atoms with Crippen LogP contribution in [0.4, 0.5) is 18.9 Å². The molecule has 6 nitrogen and oxygen atoms in total. The lowest BCUT2D eigenvalue weighted by Crippen LogP contribution is -2.29. The molecular weight excluding hydrogens is 457 g/mol. The zero-order valence-corrected chi connectivity index (χ0v) is 18.4. The lowest BCUT2D eigenvalue weighted by Gasteiger charge is -2.19. The summed E-state index contributed by atoms with van der Waals surface area (Å²) in [6.07, 6.45) is -4.43. The summed E-state index contributed by atoms with van der Waals surface area (Å²) in [6.45, 7) is 0.0899. The molecule has 1 amide bonds. The predicted molar refractivity (Wildman–Crippen MR) is 118 cm³/mol. The van der Waals surface area contributed by atoms with Crippen LogP contribution in [-0.2, 0) is 16.2 Å². The van der Waals surface area contributed by atoms with Gasteiger partial charge in [0.05, 0.1) is 22.7 Å². The van der Waals surface area contributed by atoms with Crippen molar-refractivity contribution >= 4 is 21.6 Å². The summed E-state index contributed by atoms with van der Waals surface area (Å²) < 4.78 is 70.0. The molecule has 3 aromatic carbocycles. The van der Waals surface area contributed by atoms with Crippen LogP contribution in [0.3, 0.4) is 0 Å². The van der Waals surface area contributed by atoms with Crippen molar-refractivity contribution < 1.29 is 31.1 Å². The first-order valence-corrected chi connectivity index (χ1v) is 11.3. The number of carbonyl (C=O) groups is 1. The molecule has 0 aliphatic carbocycles. The minimum absolute atomic E-state index is 0.0197. The van der Waals surface area contributed by atoms with Gasteiger partial charge in [0.1, 0.15) is 12.4 Å². The van der Waals surface area contributed by atoms with E-state index >= 15 is 0 Å². The molecule has 0 aliphatic rings. The van der Waals surface area contributed by atoms with Gasteiger partial charge in [0.2, 0.25) is 0 Å². The molecule has 3 rings (SSSR count). The fourth-order valence-corrected chi connectivity index (χ4v) is 4.15. The second-order valence-corrected chi connectivity index (χ2v) is 8.93. The molecule has 0 fully saturated rings. The average Bonchev–Trinajstić information content (AvgIpc) is 2.81. The highest BCUT2D eigenvalue weighted by Gasteiger charge is 2.30. The highest BCUT2D eigenvalue weighted by atomic mass is 32.2. The normalized spacial score (nSPS) is 11.6. The number of halogens is 3. The molecule has 0 spiro atoms. The first-order chi connectivity index (χ1) is 15.6. The van der Waals surface area contributed by atoms with Gasteiger partial charge in [-0.05, 0) is 54.6 Å². The minimum atomic E-state index is -4.43. The number of para-hydroxylation sites is 1. The second kappa shape index (κ2) is 9.95. The van der Waals surface area contributed by atoms with Crippen molar-refractivity contribution in [2.45, 2.75) is 11.1 Å². The van der Waals surface area contributed by atoms with Gasteiger partial charge in [0.15, 0.2) is 0 Å². The predicted octanol–water partition coefficient (Wildman–Crippen LogP) is 4.34. The van der Waals surface area contributed by atoms with E-state index in [2.05, 4.69) is 5.32 Å². The smallest absolute Gasteiger partial charge is 0.416 e. The van der Waals surface area contributed by atoms with E-state index in [1.165, 1.54) is 43.4 Å². The van der Waals surface area contributed by atoms with Crippen LogP contribution in [0.5, 0.6) is 5.75 Å². The number of ether oxygens (including phenoxy) is 1. The first kappa shape index (κ1) is 24.1. The lowest BCUT2D eigenvalue weighted by atomic mass is 10.2. The standard InChI is InChI=1S/C23H21F3N2O4S/c1-28(19-7-3-2-4-8-19)33(30,31)21-9-5-6-17(16-21)22(29)27-14-15-32-20-12-10-18(11-13-20)23(24,25)26/h2-13,16H,14-15H2,1H3,(H,27,29). The van der Waals surface area contributed by atoms with E-state index in [9.17, 15) is 26.4 Å². The molecule has 33 heavy (non-hydrogen) atoms. The van der Waals surface area contributed by atoms with Crippen LogP contribution in [0.2, 0.25) is 0 Å². The Hall–Kier alpha value is -3.53. The molecule has 0 unspecified atom stereocenters. The number of alkyl halides is 3. The molecular formula is C23H21F3N2O4S. The molecule has 0 bridgehead atoms. The largest absolute Gasteiger partial charge is 0.492 e. The number of carbonyl (C=O) groups excluding carboxylic acids is 1. The maximum absolute atomic E-state index is 12.9. The minimum Gasteiger partial charge on any atom is -0.492 e. The van der Waals surface area contributed by atoms with Gasteiger partial charge in [0, 0.05) is 12.6 Å². The van der Waals surface area contributed by atoms with Gasteiger partial charge in [-0.15, -0.1) is 0 Å². The molecule has 0 saturated carbocycles. The number of nitrogens with one attached hydrogen (secondary N) is 1. The Morgan fingerprint density at radius 2 is 1.64 bits per heavy atom. The molecule has 0 heterocycles. The Bertz CT molecular complexity index is 1200. The number of hydrogen-bond donors (Lipinski definition) is 1. The Morgan fingerprint density at radius 1 is 0.970 bits per heavy atom. The van der Waals surface area contributed by atoms with Gasteiger partial charge < -0.3 is 10.1 Å². The van der Waals surface area contributed by atoms with Crippen molar-refractivity contribution in [3.63, 3.8) is 0 Å². The van der Waals surface area contributed by atoms with Gasteiger partial charge in [-0.25, -0.2) is 8.42 Å². The molecule has 3 aromatic rings. The van der Waals surface area contributed by atoms with Gasteiger partial charge in [0.25, 0.3) is 15.9 Å². The zero-order valence-electron chi connectivity index (χ0n) is 17.5. The van der Waals surface area contributed by atoms with Crippen molar-refractivity contribution in [1.82, 2.24) is 5.32 Å². The Morgan fingerprint density at radius 3 is 2.27 bits per heavy atom. The SMILES string of the molecule is CN(c1ccccc1)S(=O)(=O)c1cccc(C(=O)NCCOc2ccc(C(F)(F)F)cc2)c1. The van der Waals surface area contributed by atoms with Crippen LogP contribution in [0.25, 0.3) is 0 Å². The van der Waals surface area contributed by atoms with Crippen molar-refractivity contribution in [3.8, 4) is 5.75 Å². The van der Waals surface area contributed by atoms with Gasteiger partial charge in [-0.3, -0.25) is 9.10 Å². The quantitative estimate of drug-likeness (QED) is 0.489.